The molecule has 0 spiro atoms. The van der Waals surface area contributed by atoms with Gasteiger partial charge in [-0.1, -0.05) is 91.2 Å². The van der Waals surface area contributed by atoms with Crippen molar-refractivity contribution in [2.24, 2.45) is 0 Å². The minimum atomic E-state index is -0.348. The summed E-state index contributed by atoms with van der Waals surface area (Å²) in [4.78, 5) is 32.0. The molecule has 0 aromatic carbocycles. The average molecular weight is 865 g/mol. The lowest BCUT2D eigenvalue weighted by molar-refractivity contribution is -0.144. The Bertz CT molecular complexity index is 2220. The van der Waals surface area contributed by atoms with Gasteiger partial charge in [-0.05, 0) is 62.1 Å². The number of esters is 2. The predicted octanol–water partition coefficient (Wildman–Crippen LogP) is 17.1. The second-order valence-corrected chi connectivity index (χ2v) is 21.6. The first kappa shape index (κ1) is 40.6. The molecule has 290 valence electrons. The highest BCUT2D eigenvalue weighted by atomic mass is 32.1. The van der Waals surface area contributed by atoms with E-state index < -0.39 is 0 Å². The largest absolute Gasteiger partial charge is 0.453 e. The highest BCUT2D eigenvalue weighted by Crippen LogP contribution is 2.52. The van der Waals surface area contributed by atoms with Crippen LogP contribution in [-0.2, 0) is 19.1 Å². The molecule has 0 saturated carbocycles. The second kappa shape index (κ2) is 19.2. The molecule has 0 radical (unpaired) electrons. The number of hydrogen-bond acceptors (Lipinski definition) is 11. The van der Waals surface area contributed by atoms with Gasteiger partial charge in [-0.25, -0.2) is 9.59 Å². The Morgan fingerprint density at radius 2 is 0.891 bits per heavy atom. The third-order valence-electron chi connectivity index (χ3n) is 9.90. The molecule has 0 N–H and O–H groups in total. The third-order valence-corrected chi connectivity index (χ3v) is 19.1. The third kappa shape index (κ3) is 9.57. The molecule has 0 fully saturated rings. The van der Waals surface area contributed by atoms with Crippen LogP contribution in [0.1, 0.15) is 126 Å². The molecule has 0 amide bonds. The van der Waals surface area contributed by atoms with Gasteiger partial charge in [-0.15, -0.1) is 79.4 Å². The van der Waals surface area contributed by atoms with Gasteiger partial charge >= 0.3 is 11.9 Å². The van der Waals surface area contributed by atoms with Gasteiger partial charge < -0.3 is 9.47 Å². The highest BCUT2D eigenvalue weighted by Gasteiger charge is 2.24. The quantitative estimate of drug-likeness (QED) is 0.0387. The SMILES string of the molecule is C=CC(=O)OC(CCCCCCCC)c1cc2sc3cc(-c4ccc(-c5cc6sc7cc(C(CCCCCCCC)OC(=O)C=C)sc7c6s5)s4)sc3c2s1. The van der Waals surface area contributed by atoms with Crippen molar-refractivity contribution in [3.05, 3.63) is 71.5 Å². The van der Waals surface area contributed by atoms with Crippen LogP contribution in [0.5, 0.6) is 0 Å². The molecule has 7 rings (SSSR count). The Hall–Kier alpha value is -2.64. The summed E-state index contributed by atoms with van der Waals surface area (Å²) in [6.45, 7) is 11.8. The molecule has 0 saturated heterocycles. The lowest BCUT2D eigenvalue weighted by Crippen LogP contribution is -2.08. The van der Waals surface area contributed by atoms with Gasteiger partial charge in [0.2, 0.25) is 0 Å². The molecule has 0 bridgehead atoms. The van der Waals surface area contributed by atoms with Crippen molar-refractivity contribution in [2.75, 3.05) is 0 Å². The smallest absolute Gasteiger partial charge is 0.330 e. The summed E-state index contributed by atoms with van der Waals surface area (Å²) >= 11 is 12.8. The molecule has 11 heteroatoms. The van der Waals surface area contributed by atoms with Crippen LogP contribution in [-0.4, -0.2) is 11.9 Å². The topological polar surface area (TPSA) is 52.6 Å². The van der Waals surface area contributed by atoms with Crippen LogP contribution in [0.25, 0.3) is 57.1 Å². The molecule has 2 atom stereocenters. The first-order valence-electron chi connectivity index (χ1n) is 19.6. The zero-order valence-corrected chi connectivity index (χ0v) is 37.3. The van der Waals surface area contributed by atoms with E-state index in [1.807, 2.05) is 56.7 Å². The standard InChI is InChI=1S/C44H48O4S7/c1-5-9-11-13-15-17-19-27(47-39(45)7-3)31-23-35-41(52-31)43-37(50-35)25-33(54-43)29-21-22-30(49-29)34-26-38-44(55-34)42-36(51-38)24-32(53-42)28(48-40(46)8-4)20-18-16-14-12-10-6-2/h7-8,21-28H,3-6,9-20H2,1-2H3. The molecule has 0 aliphatic rings. The fourth-order valence-corrected chi connectivity index (χ4v) is 16.3. The number of unbranched alkanes of at least 4 members (excludes halogenated alkanes) is 10. The van der Waals surface area contributed by atoms with Crippen LogP contribution < -0.4 is 0 Å². The molecule has 7 aromatic rings. The predicted molar refractivity (Wildman–Crippen MR) is 247 cm³/mol. The number of carbonyl (C=O) groups excluding carboxylic acids is 2. The van der Waals surface area contributed by atoms with Crippen LogP contribution in [0, 0.1) is 0 Å². The first-order valence-corrected chi connectivity index (χ1v) is 25.3. The summed E-state index contributed by atoms with van der Waals surface area (Å²) in [6.07, 6.45) is 18.3. The second-order valence-electron chi connectivity index (χ2n) is 14.0. The monoisotopic (exact) mass is 864 g/mol. The maximum absolute atomic E-state index is 12.3. The lowest BCUT2D eigenvalue weighted by Gasteiger charge is -2.15. The van der Waals surface area contributed by atoms with Crippen molar-refractivity contribution in [2.45, 2.75) is 116 Å². The van der Waals surface area contributed by atoms with E-state index >= 15 is 0 Å². The van der Waals surface area contributed by atoms with Crippen molar-refractivity contribution in [3.8, 4) is 19.5 Å². The van der Waals surface area contributed by atoms with E-state index in [0.29, 0.717) is 0 Å². The number of rotatable bonds is 22. The van der Waals surface area contributed by atoms with Crippen LogP contribution in [0.3, 0.4) is 0 Å². The van der Waals surface area contributed by atoms with Crippen molar-refractivity contribution in [3.63, 3.8) is 0 Å². The van der Waals surface area contributed by atoms with E-state index in [9.17, 15) is 9.59 Å². The van der Waals surface area contributed by atoms with Gasteiger partial charge in [0.1, 0.15) is 12.2 Å². The fraction of sp³-hybridized carbons (Fsp3) is 0.409. The van der Waals surface area contributed by atoms with Gasteiger partial charge in [0, 0.05) is 60.2 Å². The van der Waals surface area contributed by atoms with Crippen LogP contribution in [0.2, 0.25) is 0 Å². The van der Waals surface area contributed by atoms with E-state index in [1.54, 1.807) is 22.7 Å². The van der Waals surface area contributed by atoms with E-state index in [4.69, 9.17) is 9.47 Å². The van der Waals surface area contributed by atoms with Gasteiger partial charge in [0.25, 0.3) is 0 Å². The Kier molecular flexibility index (Phi) is 14.2. The Morgan fingerprint density at radius 3 is 1.31 bits per heavy atom. The molecular weight excluding hydrogens is 817 g/mol. The van der Waals surface area contributed by atoms with E-state index in [2.05, 4.69) is 63.4 Å². The Morgan fingerprint density at radius 1 is 0.509 bits per heavy atom. The van der Waals surface area contributed by atoms with E-state index in [1.165, 1.54) is 133 Å². The number of fused-ring (bicyclic) bond motifs is 6. The summed E-state index contributed by atoms with van der Waals surface area (Å²) in [7, 11) is 0. The summed E-state index contributed by atoms with van der Waals surface area (Å²) < 4.78 is 22.2. The number of carbonyl (C=O) groups is 2. The summed E-state index contributed by atoms with van der Waals surface area (Å²) in [5, 5.41) is 0. The average Bonchev–Trinajstić information content (AvgIpc) is 4.03. The molecule has 2 unspecified atom stereocenters. The van der Waals surface area contributed by atoms with Gasteiger partial charge in [-0.3, -0.25) is 0 Å². The number of thiophene rings is 7. The zero-order valence-electron chi connectivity index (χ0n) is 31.6. The lowest BCUT2D eigenvalue weighted by atomic mass is 10.1. The first-order chi connectivity index (χ1) is 26.9. The number of ether oxygens (including phenoxy) is 2. The van der Waals surface area contributed by atoms with Gasteiger partial charge in [0.15, 0.2) is 0 Å². The molecule has 55 heavy (non-hydrogen) atoms. The Balaban J connectivity index is 1.07. The summed E-state index contributed by atoms with van der Waals surface area (Å²) in [5.41, 5.74) is 0. The maximum atomic E-state index is 12.3. The zero-order chi connectivity index (χ0) is 38.3. The summed E-state index contributed by atoms with van der Waals surface area (Å²) in [6, 6.07) is 13.7. The van der Waals surface area contributed by atoms with Gasteiger partial charge in [0.05, 0.1) is 18.8 Å². The van der Waals surface area contributed by atoms with E-state index in [-0.39, 0.29) is 24.1 Å². The van der Waals surface area contributed by atoms with Crippen LogP contribution in [0.4, 0.5) is 0 Å². The van der Waals surface area contributed by atoms with E-state index in [0.717, 1.165) is 35.4 Å². The van der Waals surface area contributed by atoms with Crippen LogP contribution in [0.15, 0.2) is 61.7 Å². The normalized spacial score (nSPS) is 13.0. The van der Waals surface area contributed by atoms with Crippen molar-refractivity contribution in [1.29, 1.82) is 0 Å². The molecule has 7 heterocycles. The van der Waals surface area contributed by atoms with Crippen molar-refractivity contribution < 1.29 is 19.1 Å². The molecule has 4 nitrogen and oxygen atoms in total. The molecule has 7 aromatic heterocycles. The minimum absolute atomic E-state index is 0.223. The maximum Gasteiger partial charge on any atom is 0.330 e. The van der Waals surface area contributed by atoms with Crippen molar-refractivity contribution in [1.82, 2.24) is 0 Å². The fourth-order valence-electron chi connectivity index (χ4n) is 6.98. The summed E-state index contributed by atoms with van der Waals surface area (Å²) in [5.74, 6) is -0.696. The van der Waals surface area contributed by atoms with Crippen LogP contribution >= 0.6 is 79.4 Å². The minimum Gasteiger partial charge on any atom is -0.453 e. The molecular formula is C44H48O4S7. The highest BCUT2D eigenvalue weighted by molar-refractivity contribution is 7.41. The Labute approximate surface area is 352 Å². The van der Waals surface area contributed by atoms with Crippen molar-refractivity contribution >= 4 is 129 Å². The van der Waals surface area contributed by atoms with Gasteiger partial charge in [-0.2, -0.15) is 0 Å². The molecule has 0 aliphatic carbocycles. The molecule has 0 aliphatic heterocycles. The number of hydrogen-bond donors (Lipinski definition) is 0.